The van der Waals surface area contributed by atoms with Crippen molar-refractivity contribution in [1.82, 2.24) is 15.0 Å². The summed E-state index contributed by atoms with van der Waals surface area (Å²) in [5.74, 6) is -0.0146. The molecule has 0 aliphatic heterocycles. The number of aryl methyl sites for hydroxylation is 3. The summed E-state index contributed by atoms with van der Waals surface area (Å²) in [6.07, 6.45) is 0. The van der Waals surface area contributed by atoms with Crippen LogP contribution in [0.4, 0.5) is 0 Å². The van der Waals surface area contributed by atoms with Crippen molar-refractivity contribution in [3.63, 3.8) is 0 Å². The second-order valence-corrected chi connectivity index (χ2v) is 5.93. The van der Waals surface area contributed by atoms with E-state index in [-0.39, 0.29) is 5.69 Å². The highest BCUT2D eigenvalue weighted by Gasteiger charge is 2.20. The Morgan fingerprint density at radius 3 is 2.33 bits per heavy atom. The van der Waals surface area contributed by atoms with Gasteiger partial charge in [-0.15, -0.1) is 5.10 Å². The standard InChI is InChI=1S/C19H19N3O2/c1-12-6-9-16(10-7-12)24-19(23)18-15(4)22(21-20-18)17-11-13(2)5-8-14(17)3/h5-11H,1-4H3. The lowest BCUT2D eigenvalue weighted by Gasteiger charge is -2.08. The molecule has 0 saturated heterocycles. The zero-order valence-electron chi connectivity index (χ0n) is 14.2. The van der Waals surface area contributed by atoms with Crippen molar-refractivity contribution < 1.29 is 9.53 Å². The van der Waals surface area contributed by atoms with Gasteiger partial charge in [0.2, 0.25) is 0 Å². The van der Waals surface area contributed by atoms with Crippen molar-refractivity contribution in [2.75, 3.05) is 0 Å². The molecular formula is C19H19N3O2. The fourth-order valence-corrected chi connectivity index (χ4v) is 2.46. The molecule has 0 radical (unpaired) electrons. The molecule has 2 aromatic carbocycles. The monoisotopic (exact) mass is 321 g/mol. The van der Waals surface area contributed by atoms with Gasteiger partial charge in [0.05, 0.1) is 11.4 Å². The Hall–Kier alpha value is -2.95. The molecule has 5 heteroatoms. The first-order chi connectivity index (χ1) is 11.5. The van der Waals surface area contributed by atoms with Crippen LogP contribution in [0.2, 0.25) is 0 Å². The van der Waals surface area contributed by atoms with E-state index >= 15 is 0 Å². The molecule has 3 aromatic rings. The molecule has 122 valence electrons. The molecule has 3 rings (SSSR count). The van der Waals surface area contributed by atoms with Gasteiger partial charge in [-0.05, 0) is 57.0 Å². The van der Waals surface area contributed by atoms with Gasteiger partial charge in [-0.3, -0.25) is 0 Å². The van der Waals surface area contributed by atoms with Crippen LogP contribution in [-0.2, 0) is 0 Å². The summed E-state index contributed by atoms with van der Waals surface area (Å²) in [6, 6.07) is 13.4. The third-order valence-electron chi connectivity index (χ3n) is 3.91. The van der Waals surface area contributed by atoms with E-state index in [2.05, 4.69) is 10.3 Å². The molecule has 0 unspecified atom stereocenters. The average Bonchev–Trinajstić information content (AvgIpc) is 2.93. The largest absolute Gasteiger partial charge is 0.422 e. The second-order valence-electron chi connectivity index (χ2n) is 5.93. The van der Waals surface area contributed by atoms with Gasteiger partial charge in [0.25, 0.3) is 0 Å². The van der Waals surface area contributed by atoms with Crippen molar-refractivity contribution in [2.24, 2.45) is 0 Å². The van der Waals surface area contributed by atoms with Crippen molar-refractivity contribution in [3.8, 4) is 11.4 Å². The Morgan fingerprint density at radius 2 is 1.62 bits per heavy atom. The number of nitrogens with zero attached hydrogens (tertiary/aromatic N) is 3. The highest BCUT2D eigenvalue weighted by molar-refractivity contribution is 5.90. The SMILES string of the molecule is Cc1ccc(OC(=O)c2nnn(-c3cc(C)ccc3C)c2C)cc1. The lowest BCUT2D eigenvalue weighted by molar-refractivity contribution is 0.0727. The van der Waals surface area contributed by atoms with E-state index in [9.17, 15) is 4.79 Å². The number of hydrogen-bond acceptors (Lipinski definition) is 4. The zero-order valence-corrected chi connectivity index (χ0v) is 14.2. The van der Waals surface area contributed by atoms with Crippen molar-refractivity contribution in [3.05, 3.63) is 70.5 Å². The highest BCUT2D eigenvalue weighted by atomic mass is 16.5. The summed E-state index contributed by atoms with van der Waals surface area (Å²) < 4.78 is 7.06. The lowest BCUT2D eigenvalue weighted by Crippen LogP contribution is -2.11. The van der Waals surface area contributed by atoms with Gasteiger partial charge < -0.3 is 4.74 Å². The minimum atomic E-state index is -0.507. The van der Waals surface area contributed by atoms with Crippen LogP contribution in [0.1, 0.15) is 32.9 Å². The maximum absolute atomic E-state index is 12.4. The molecule has 0 aliphatic carbocycles. The predicted octanol–water partition coefficient (Wildman–Crippen LogP) is 3.72. The number of ether oxygens (including phenoxy) is 1. The predicted molar refractivity (Wildman–Crippen MR) is 91.7 cm³/mol. The fraction of sp³-hybridized carbons (Fsp3) is 0.211. The van der Waals surface area contributed by atoms with Crippen LogP contribution in [0.3, 0.4) is 0 Å². The van der Waals surface area contributed by atoms with Crippen LogP contribution in [-0.4, -0.2) is 21.0 Å². The summed E-state index contributed by atoms with van der Waals surface area (Å²) in [4.78, 5) is 12.4. The molecule has 0 N–H and O–H groups in total. The number of carbonyl (C=O) groups is 1. The first-order valence-electron chi connectivity index (χ1n) is 7.74. The van der Waals surface area contributed by atoms with Crippen molar-refractivity contribution in [1.29, 1.82) is 0 Å². The number of rotatable bonds is 3. The Bertz CT molecular complexity index is 895. The van der Waals surface area contributed by atoms with Gasteiger partial charge in [-0.2, -0.15) is 0 Å². The smallest absolute Gasteiger partial charge is 0.366 e. The Labute approximate surface area is 140 Å². The van der Waals surface area contributed by atoms with Crippen LogP contribution in [0, 0.1) is 27.7 Å². The highest BCUT2D eigenvalue weighted by Crippen LogP contribution is 2.19. The Balaban J connectivity index is 1.90. The fourth-order valence-electron chi connectivity index (χ4n) is 2.46. The molecule has 0 aliphatic rings. The minimum Gasteiger partial charge on any atom is -0.422 e. The van der Waals surface area contributed by atoms with Crippen molar-refractivity contribution in [2.45, 2.75) is 27.7 Å². The number of carbonyl (C=O) groups excluding carboxylic acids is 1. The summed E-state index contributed by atoms with van der Waals surface area (Å²) in [6.45, 7) is 7.81. The maximum Gasteiger partial charge on any atom is 0.366 e. The van der Waals surface area contributed by atoms with Gasteiger partial charge >= 0.3 is 5.97 Å². The number of hydrogen-bond donors (Lipinski definition) is 0. The first-order valence-corrected chi connectivity index (χ1v) is 7.74. The van der Waals surface area contributed by atoms with E-state index in [0.717, 1.165) is 22.4 Å². The topological polar surface area (TPSA) is 57.0 Å². The Morgan fingerprint density at radius 1 is 0.958 bits per heavy atom. The summed E-state index contributed by atoms with van der Waals surface area (Å²) in [7, 11) is 0. The van der Waals surface area contributed by atoms with Crippen molar-refractivity contribution >= 4 is 5.97 Å². The number of aromatic nitrogens is 3. The van der Waals surface area contributed by atoms with Gasteiger partial charge in [0, 0.05) is 0 Å². The second kappa shape index (κ2) is 6.28. The summed E-state index contributed by atoms with van der Waals surface area (Å²) in [5, 5.41) is 8.15. The van der Waals surface area contributed by atoms with Crippen LogP contribution >= 0.6 is 0 Å². The average molecular weight is 321 g/mol. The van der Waals surface area contributed by atoms with Crippen LogP contribution in [0.25, 0.3) is 5.69 Å². The number of benzene rings is 2. The summed E-state index contributed by atoms with van der Waals surface area (Å²) in [5.41, 5.74) is 5.07. The molecule has 1 aromatic heterocycles. The lowest BCUT2D eigenvalue weighted by atomic mass is 10.1. The van der Waals surface area contributed by atoms with Crippen LogP contribution in [0.15, 0.2) is 42.5 Å². The van der Waals surface area contributed by atoms with E-state index in [1.807, 2.05) is 58.0 Å². The number of esters is 1. The van der Waals surface area contributed by atoms with Crippen LogP contribution < -0.4 is 4.74 Å². The Kier molecular flexibility index (Phi) is 4.16. The van der Waals surface area contributed by atoms with Gasteiger partial charge in [0.1, 0.15) is 5.75 Å². The normalized spacial score (nSPS) is 10.7. The van der Waals surface area contributed by atoms with E-state index in [1.165, 1.54) is 0 Å². The first kappa shape index (κ1) is 15.9. The molecule has 1 heterocycles. The zero-order chi connectivity index (χ0) is 17.3. The van der Waals surface area contributed by atoms with Gasteiger partial charge in [0.15, 0.2) is 5.69 Å². The molecule has 0 atom stereocenters. The molecule has 0 saturated carbocycles. The quantitative estimate of drug-likeness (QED) is 0.545. The van der Waals surface area contributed by atoms with E-state index < -0.39 is 5.97 Å². The molecule has 0 bridgehead atoms. The molecule has 0 amide bonds. The molecule has 0 fully saturated rings. The maximum atomic E-state index is 12.4. The molecule has 24 heavy (non-hydrogen) atoms. The minimum absolute atomic E-state index is 0.219. The molecule has 5 nitrogen and oxygen atoms in total. The van der Waals surface area contributed by atoms with E-state index in [0.29, 0.717) is 11.4 Å². The molecular weight excluding hydrogens is 302 g/mol. The van der Waals surface area contributed by atoms with Crippen LogP contribution in [0.5, 0.6) is 5.75 Å². The summed E-state index contributed by atoms with van der Waals surface area (Å²) >= 11 is 0. The molecule has 0 spiro atoms. The van der Waals surface area contributed by atoms with E-state index in [4.69, 9.17) is 4.74 Å². The van der Waals surface area contributed by atoms with Gasteiger partial charge in [-0.1, -0.05) is 35.0 Å². The van der Waals surface area contributed by atoms with E-state index in [1.54, 1.807) is 16.8 Å². The van der Waals surface area contributed by atoms with Gasteiger partial charge in [-0.25, -0.2) is 9.48 Å². The third kappa shape index (κ3) is 3.06. The third-order valence-corrected chi connectivity index (χ3v) is 3.91.